The van der Waals surface area contributed by atoms with E-state index in [-0.39, 0.29) is 0 Å². The second-order valence-corrected chi connectivity index (χ2v) is 5.54. The van der Waals surface area contributed by atoms with E-state index in [9.17, 15) is 0 Å². The third kappa shape index (κ3) is 3.68. The zero-order valence-electron chi connectivity index (χ0n) is 14.0. The zero-order chi connectivity index (χ0) is 16.8. The van der Waals surface area contributed by atoms with Gasteiger partial charge in [0.25, 0.3) is 5.95 Å². The summed E-state index contributed by atoms with van der Waals surface area (Å²) in [6, 6.07) is 20.4. The quantitative estimate of drug-likeness (QED) is 0.694. The SMILES string of the molecule is CCN(c1ccccc1)c1nncc(N(C)Cc2ccccc2)n1. The molecule has 3 rings (SSSR count). The van der Waals surface area contributed by atoms with E-state index in [0.717, 1.165) is 24.6 Å². The molecule has 0 N–H and O–H groups in total. The molecule has 0 aliphatic heterocycles. The fourth-order valence-electron chi connectivity index (χ4n) is 2.57. The topological polar surface area (TPSA) is 45.2 Å². The smallest absolute Gasteiger partial charge is 0.251 e. The van der Waals surface area contributed by atoms with Crippen LogP contribution in [0.2, 0.25) is 0 Å². The number of rotatable bonds is 6. The van der Waals surface area contributed by atoms with Crippen molar-refractivity contribution in [1.82, 2.24) is 15.2 Å². The Bertz CT molecular complexity index is 761. The summed E-state index contributed by atoms with van der Waals surface area (Å²) >= 11 is 0. The Morgan fingerprint density at radius 2 is 1.58 bits per heavy atom. The van der Waals surface area contributed by atoms with Crippen LogP contribution < -0.4 is 9.80 Å². The minimum atomic E-state index is 0.612. The third-order valence-corrected chi connectivity index (χ3v) is 3.81. The summed E-state index contributed by atoms with van der Waals surface area (Å²) < 4.78 is 0. The van der Waals surface area contributed by atoms with Crippen LogP contribution in [0.5, 0.6) is 0 Å². The molecule has 0 bridgehead atoms. The molecule has 2 aromatic carbocycles. The second kappa shape index (κ2) is 7.55. The molecule has 1 aromatic heterocycles. The van der Waals surface area contributed by atoms with Crippen molar-refractivity contribution in [2.75, 3.05) is 23.4 Å². The van der Waals surface area contributed by atoms with E-state index in [2.05, 4.69) is 34.2 Å². The minimum absolute atomic E-state index is 0.612. The van der Waals surface area contributed by atoms with Gasteiger partial charge in [-0.2, -0.15) is 10.1 Å². The maximum atomic E-state index is 4.69. The lowest BCUT2D eigenvalue weighted by Gasteiger charge is -2.23. The fraction of sp³-hybridized carbons (Fsp3) is 0.211. The maximum absolute atomic E-state index is 4.69. The maximum Gasteiger partial charge on any atom is 0.251 e. The Morgan fingerprint density at radius 3 is 2.25 bits per heavy atom. The molecule has 0 amide bonds. The summed E-state index contributed by atoms with van der Waals surface area (Å²) in [6.07, 6.45) is 1.70. The first-order chi connectivity index (χ1) is 11.8. The Morgan fingerprint density at radius 1 is 0.917 bits per heavy atom. The molecule has 0 radical (unpaired) electrons. The van der Waals surface area contributed by atoms with Gasteiger partial charge in [0.2, 0.25) is 0 Å². The van der Waals surface area contributed by atoms with Crippen molar-refractivity contribution in [3.63, 3.8) is 0 Å². The number of hydrogen-bond donors (Lipinski definition) is 0. The molecule has 0 fully saturated rings. The van der Waals surface area contributed by atoms with Gasteiger partial charge in [-0.3, -0.25) is 0 Å². The fourth-order valence-corrected chi connectivity index (χ4v) is 2.57. The third-order valence-electron chi connectivity index (χ3n) is 3.81. The first-order valence-corrected chi connectivity index (χ1v) is 8.05. The van der Waals surface area contributed by atoms with Gasteiger partial charge in [-0.15, -0.1) is 5.10 Å². The molecule has 5 nitrogen and oxygen atoms in total. The van der Waals surface area contributed by atoms with Crippen molar-refractivity contribution >= 4 is 17.5 Å². The van der Waals surface area contributed by atoms with Gasteiger partial charge in [0.05, 0.1) is 6.20 Å². The summed E-state index contributed by atoms with van der Waals surface area (Å²) in [5, 5.41) is 8.36. The van der Waals surface area contributed by atoms with Gasteiger partial charge in [0.1, 0.15) is 0 Å². The summed E-state index contributed by atoms with van der Waals surface area (Å²) in [6.45, 7) is 3.63. The highest BCUT2D eigenvalue weighted by Crippen LogP contribution is 2.22. The zero-order valence-corrected chi connectivity index (χ0v) is 14.0. The van der Waals surface area contributed by atoms with Crippen LogP contribution in [0.25, 0.3) is 0 Å². The number of anilines is 3. The molecule has 0 atom stereocenters. The van der Waals surface area contributed by atoms with Crippen LogP contribution in [0, 0.1) is 0 Å². The van der Waals surface area contributed by atoms with Crippen molar-refractivity contribution in [1.29, 1.82) is 0 Å². The highest BCUT2D eigenvalue weighted by atomic mass is 15.3. The molecule has 1 heterocycles. The van der Waals surface area contributed by atoms with Gasteiger partial charge in [0.15, 0.2) is 5.82 Å². The van der Waals surface area contributed by atoms with E-state index in [4.69, 9.17) is 4.98 Å². The van der Waals surface area contributed by atoms with Crippen LogP contribution >= 0.6 is 0 Å². The predicted molar refractivity (Wildman–Crippen MR) is 97.5 cm³/mol. The normalized spacial score (nSPS) is 10.4. The van der Waals surface area contributed by atoms with Gasteiger partial charge < -0.3 is 9.80 Å². The molecule has 0 unspecified atom stereocenters. The summed E-state index contributed by atoms with van der Waals surface area (Å²) in [5.74, 6) is 1.42. The first-order valence-electron chi connectivity index (χ1n) is 8.05. The lowest BCUT2D eigenvalue weighted by molar-refractivity contribution is 0.836. The van der Waals surface area contributed by atoms with Gasteiger partial charge in [-0.25, -0.2) is 0 Å². The Kier molecular flexibility index (Phi) is 5.01. The van der Waals surface area contributed by atoms with E-state index >= 15 is 0 Å². The second-order valence-electron chi connectivity index (χ2n) is 5.54. The van der Waals surface area contributed by atoms with Crippen LogP contribution in [0.3, 0.4) is 0 Å². The minimum Gasteiger partial charge on any atom is -0.354 e. The number of hydrogen-bond acceptors (Lipinski definition) is 5. The number of nitrogens with zero attached hydrogens (tertiary/aromatic N) is 5. The molecule has 122 valence electrons. The summed E-state index contributed by atoms with van der Waals surface area (Å²) in [7, 11) is 2.01. The van der Waals surface area contributed by atoms with Crippen LogP contribution in [-0.4, -0.2) is 28.8 Å². The van der Waals surface area contributed by atoms with Gasteiger partial charge in [-0.05, 0) is 24.6 Å². The number of benzene rings is 2. The summed E-state index contributed by atoms with van der Waals surface area (Å²) in [5.41, 5.74) is 2.29. The Labute approximate surface area is 142 Å². The molecular formula is C19H21N5. The molecule has 0 spiro atoms. The van der Waals surface area contributed by atoms with Crippen molar-refractivity contribution in [2.45, 2.75) is 13.5 Å². The van der Waals surface area contributed by atoms with E-state index in [1.54, 1.807) is 6.20 Å². The van der Waals surface area contributed by atoms with Crippen molar-refractivity contribution in [3.8, 4) is 0 Å². The lowest BCUT2D eigenvalue weighted by Crippen LogP contribution is -2.23. The van der Waals surface area contributed by atoms with Crippen molar-refractivity contribution in [3.05, 3.63) is 72.4 Å². The largest absolute Gasteiger partial charge is 0.354 e. The van der Waals surface area contributed by atoms with Crippen LogP contribution in [0.15, 0.2) is 66.9 Å². The van der Waals surface area contributed by atoms with Gasteiger partial charge in [0, 0.05) is 25.8 Å². The molecule has 24 heavy (non-hydrogen) atoms. The molecule has 0 saturated carbocycles. The molecule has 3 aromatic rings. The lowest BCUT2D eigenvalue weighted by atomic mass is 10.2. The van der Waals surface area contributed by atoms with Crippen molar-refractivity contribution < 1.29 is 0 Å². The average molecular weight is 319 g/mol. The molecule has 0 aliphatic carbocycles. The van der Waals surface area contributed by atoms with E-state index in [1.165, 1.54) is 5.56 Å². The first kappa shape index (κ1) is 15.9. The molecular weight excluding hydrogens is 298 g/mol. The van der Waals surface area contributed by atoms with Crippen LogP contribution in [0.1, 0.15) is 12.5 Å². The van der Waals surface area contributed by atoms with E-state index in [0.29, 0.717) is 5.95 Å². The Hall–Kier alpha value is -2.95. The molecule has 0 saturated heterocycles. The summed E-state index contributed by atoms with van der Waals surface area (Å²) in [4.78, 5) is 8.82. The van der Waals surface area contributed by atoms with Crippen molar-refractivity contribution in [2.24, 2.45) is 0 Å². The van der Waals surface area contributed by atoms with E-state index in [1.807, 2.05) is 60.5 Å². The standard InChI is InChI=1S/C19H21N5/c1-3-24(17-12-8-5-9-13-17)19-21-18(14-20-22-19)23(2)15-16-10-6-4-7-11-16/h4-14H,3,15H2,1-2H3. The monoisotopic (exact) mass is 319 g/mol. The van der Waals surface area contributed by atoms with Crippen LogP contribution in [0.4, 0.5) is 17.5 Å². The number of para-hydroxylation sites is 1. The molecule has 5 heteroatoms. The van der Waals surface area contributed by atoms with Gasteiger partial charge >= 0.3 is 0 Å². The predicted octanol–water partition coefficient (Wildman–Crippen LogP) is 3.67. The highest BCUT2D eigenvalue weighted by molar-refractivity contribution is 5.57. The Balaban J connectivity index is 1.83. The number of aromatic nitrogens is 3. The van der Waals surface area contributed by atoms with Crippen LogP contribution in [-0.2, 0) is 6.54 Å². The highest BCUT2D eigenvalue weighted by Gasteiger charge is 2.13. The average Bonchev–Trinajstić information content (AvgIpc) is 2.64. The van der Waals surface area contributed by atoms with E-state index < -0.39 is 0 Å². The van der Waals surface area contributed by atoms with Gasteiger partial charge in [-0.1, -0.05) is 48.5 Å². The molecule has 0 aliphatic rings.